The SMILES string of the molecule is CCOc1ccc(NC(=O)[C@H](Cc2ccccc2)NS(=O)(=O)c2cc(C)ccc2OC)cc1. The smallest absolute Gasteiger partial charge is 0.245 e. The number of methoxy groups -OCH3 is 1. The molecule has 3 aromatic carbocycles. The number of hydrogen-bond acceptors (Lipinski definition) is 5. The molecule has 0 aromatic heterocycles. The molecular weight excluding hydrogens is 440 g/mol. The molecule has 2 N–H and O–H groups in total. The highest BCUT2D eigenvalue weighted by Gasteiger charge is 2.28. The number of ether oxygens (including phenoxy) is 2. The van der Waals surface area contributed by atoms with Gasteiger partial charge >= 0.3 is 0 Å². The van der Waals surface area contributed by atoms with Gasteiger partial charge in [-0.25, -0.2) is 8.42 Å². The molecular formula is C25H28N2O5S. The van der Waals surface area contributed by atoms with Crippen LogP contribution in [0.3, 0.4) is 0 Å². The van der Waals surface area contributed by atoms with Gasteiger partial charge in [0.25, 0.3) is 0 Å². The van der Waals surface area contributed by atoms with Crippen molar-refractivity contribution in [1.29, 1.82) is 0 Å². The summed E-state index contributed by atoms with van der Waals surface area (Å²) < 4.78 is 39.7. The molecule has 0 saturated carbocycles. The average Bonchev–Trinajstić information content (AvgIpc) is 2.80. The fourth-order valence-corrected chi connectivity index (χ4v) is 4.76. The molecule has 1 amide bonds. The Labute approximate surface area is 194 Å². The largest absolute Gasteiger partial charge is 0.495 e. The Morgan fingerprint density at radius 2 is 1.70 bits per heavy atom. The first kappa shape index (κ1) is 24.3. The van der Waals surface area contributed by atoms with Crippen LogP contribution in [0.5, 0.6) is 11.5 Å². The standard InChI is InChI=1S/C25H28N2O5S/c1-4-32-21-13-11-20(12-14-21)26-25(28)22(17-19-8-6-5-7-9-19)27-33(29,30)24-16-18(2)10-15-23(24)31-3/h5-16,22,27H,4,17H2,1-3H3,(H,26,28)/t22-/m0/s1. The highest BCUT2D eigenvalue weighted by molar-refractivity contribution is 7.89. The maximum Gasteiger partial charge on any atom is 0.245 e. The van der Waals surface area contributed by atoms with Crippen LogP contribution in [0.2, 0.25) is 0 Å². The number of benzene rings is 3. The molecule has 0 spiro atoms. The Morgan fingerprint density at radius 1 is 1.00 bits per heavy atom. The van der Waals surface area contributed by atoms with Crippen LogP contribution >= 0.6 is 0 Å². The quantitative estimate of drug-likeness (QED) is 0.470. The molecule has 0 heterocycles. The van der Waals surface area contributed by atoms with Crippen molar-refractivity contribution < 1.29 is 22.7 Å². The number of rotatable bonds is 10. The molecule has 0 fully saturated rings. The highest BCUT2D eigenvalue weighted by atomic mass is 32.2. The topological polar surface area (TPSA) is 93.7 Å². The Morgan fingerprint density at radius 3 is 2.33 bits per heavy atom. The van der Waals surface area contributed by atoms with Crippen LogP contribution in [-0.4, -0.2) is 34.1 Å². The molecule has 7 nitrogen and oxygen atoms in total. The van der Waals surface area contributed by atoms with Gasteiger partial charge in [-0.3, -0.25) is 4.79 Å². The molecule has 8 heteroatoms. The van der Waals surface area contributed by atoms with E-state index in [4.69, 9.17) is 9.47 Å². The average molecular weight is 469 g/mol. The lowest BCUT2D eigenvalue weighted by atomic mass is 10.1. The molecule has 0 aliphatic heterocycles. The Kier molecular flexibility index (Phi) is 8.08. The third kappa shape index (κ3) is 6.57. The van der Waals surface area contributed by atoms with Gasteiger partial charge in [0.05, 0.1) is 13.7 Å². The van der Waals surface area contributed by atoms with Crippen molar-refractivity contribution >= 4 is 21.6 Å². The van der Waals surface area contributed by atoms with Gasteiger partial charge < -0.3 is 14.8 Å². The molecule has 33 heavy (non-hydrogen) atoms. The maximum absolute atomic E-state index is 13.3. The summed E-state index contributed by atoms with van der Waals surface area (Å²) in [5, 5.41) is 2.79. The zero-order chi connectivity index (χ0) is 23.8. The van der Waals surface area contributed by atoms with Crippen LogP contribution in [0.15, 0.2) is 77.7 Å². The van der Waals surface area contributed by atoms with Crippen LogP contribution in [0.1, 0.15) is 18.1 Å². The Balaban J connectivity index is 1.87. The predicted octanol–water partition coefficient (Wildman–Crippen LogP) is 3.93. The lowest BCUT2D eigenvalue weighted by Crippen LogP contribution is -2.45. The number of amides is 1. The first-order valence-corrected chi connectivity index (χ1v) is 12.1. The van der Waals surface area contributed by atoms with Crippen molar-refractivity contribution in [2.24, 2.45) is 0 Å². The first-order valence-electron chi connectivity index (χ1n) is 10.6. The fourth-order valence-electron chi connectivity index (χ4n) is 3.31. The van der Waals surface area contributed by atoms with E-state index in [1.165, 1.54) is 13.2 Å². The molecule has 0 saturated heterocycles. The number of hydrogen-bond donors (Lipinski definition) is 2. The summed E-state index contributed by atoms with van der Waals surface area (Å²) in [4.78, 5) is 13.1. The number of aryl methyl sites for hydroxylation is 1. The minimum atomic E-state index is -4.05. The van der Waals surface area contributed by atoms with Gasteiger partial charge in [-0.05, 0) is 67.8 Å². The second-order valence-corrected chi connectivity index (χ2v) is 9.15. The lowest BCUT2D eigenvalue weighted by Gasteiger charge is -2.20. The van der Waals surface area contributed by atoms with E-state index in [2.05, 4.69) is 10.0 Å². The molecule has 0 bridgehead atoms. The van der Waals surface area contributed by atoms with E-state index >= 15 is 0 Å². The second kappa shape index (κ2) is 11.0. The number of anilines is 1. The molecule has 0 unspecified atom stereocenters. The van der Waals surface area contributed by atoms with Gasteiger partial charge in [0, 0.05) is 5.69 Å². The van der Waals surface area contributed by atoms with Gasteiger partial charge in [-0.15, -0.1) is 0 Å². The third-order valence-electron chi connectivity index (χ3n) is 4.94. The van der Waals surface area contributed by atoms with Crippen molar-refractivity contribution in [3.63, 3.8) is 0 Å². The molecule has 0 aliphatic carbocycles. The summed E-state index contributed by atoms with van der Waals surface area (Å²) >= 11 is 0. The lowest BCUT2D eigenvalue weighted by molar-refractivity contribution is -0.117. The summed E-state index contributed by atoms with van der Waals surface area (Å²) in [5.74, 6) is 0.417. The van der Waals surface area contributed by atoms with Gasteiger partial charge in [-0.2, -0.15) is 4.72 Å². The number of sulfonamides is 1. The molecule has 0 aliphatic rings. The van der Waals surface area contributed by atoms with Crippen LogP contribution in [0.4, 0.5) is 5.69 Å². The normalized spacial score (nSPS) is 12.1. The van der Waals surface area contributed by atoms with Crippen LogP contribution in [0.25, 0.3) is 0 Å². The van der Waals surface area contributed by atoms with Crippen molar-refractivity contribution in [2.75, 3.05) is 19.0 Å². The van der Waals surface area contributed by atoms with Crippen molar-refractivity contribution in [2.45, 2.75) is 31.2 Å². The summed E-state index contributed by atoms with van der Waals surface area (Å²) in [6, 6.07) is 20.0. The summed E-state index contributed by atoms with van der Waals surface area (Å²) in [6.45, 7) is 4.22. The van der Waals surface area contributed by atoms with Crippen molar-refractivity contribution in [3.05, 3.63) is 83.9 Å². The van der Waals surface area contributed by atoms with Crippen LogP contribution in [-0.2, 0) is 21.2 Å². The molecule has 174 valence electrons. The van der Waals surface area contributed by atoms with E-state index in [0.717, 1.165) is 11.1 Å². The van der Waals surface area contributed by atoms with Gasteiger partial charge in [0.2, 0.25) is 15.9 Å². The van der Waals surface area contributed by atoms with E-state index in [1.807, 2.05) is 37.3 Å². The Bertz CT molecular complexity index is 1180. The zero-order valence-corrected chi connectivity index (χ0v) is 19.7. The van der Waals surface area contributed by atoms with E-state index in [0.29, 0.717) is 18.0 Å². The molecule has 1 atom stereocenters. The predicted molar refractivity (Wildman–Crippen MR) is 128 cm³/mol. The number of carbonyl (C=O) groups is 1. The van der Waals surface area contributed by atoms with Crippen molar-refractivity contribution in [3.8, 4) is 11.5 Å². The van der Waals surface area contributed by atoms with E-state index in [1.54, 1.807) is 43.3 Å². The van der Waals surface area contributed by atoms with Gasteiger partial charge in [-0.1, -0.05) is 36.4 Å². The van der Waals surface area contributed by atoms with Crippen LogP contribution < -0.4 is 19.5 Å². The van der Waals surface area contributed by atoms with Crippen LogP contribution in [0, 0.1) is 6.92 Å². The first-order chi connectivity index (χ1) is 15.8. The minimum absolute atomic E-state index is 0.0167. The number of carbonyl (C=O) groups excluding carboxylic acids is 1. The minimum Gasteiger partial charge on any atom is -0.495 e. The third-order valence-corrected chi connectivity index (χ3v) is 6.43. The zero-order valence-electron chi connectivity index (χ0n) is 18.9. The maximum atomic E-state index is 13.3. The molecule has 3 aromatic rings. The second-order valence-electron chi connectivity index (χ2n) is 7.46. The fraction of sp³-hybridized carbons (Fsp3) is 0.240. The Hall–Kier alpha value is -3.36. The summed E-state index contributed by atoms with van der Waals surface area (Å²) in [7, 11) is -2.65. The summed E-state index contributed by atoms with van der Waals surface area (Å²) in [6.07, 6.45) is 0.178. The van der Waals surface area contributed by atoms with E-state index in [9.17, 15) is 13.2 Å². The van der Waals surface area contributed by atoms with Gasteiger partial charge in [0.15, 0.2) is 0 Å². The summed E-state index contributed by atoms with van der Waals surface area (Å²) in [5.41, 5.74) is 2.12. The van der Waals surface area contributed by atoms with Crippen molar-refractivity contribution in [1.82, 2.24) is 4.72 Å². The monoisotopic (exact) mass is 468 g/mol. The van der Waals surface area contributed by atoms with E-state index in [-0.39, 0.29) is 17.1 Å². The van der Waals surface area contributed by atoms with Gasteiger partial charge in [0.1, 0.15) is 22.4 Å². The highest BCUT2D eigenvalue weighted by Crippen LogP contribution is 2.25. The molecule has 3 rings (SSSR count). The van der Waals surface area contributed by atoms with E-state index < -0.39 is 22.0 Å². The molecule has 0 radical (unpaired) electrons. The number of nitrogens with one attached hydrogen (secondary N) is 2.